The highest BCUT2D eigenvalue weighted by atomic mass is 35.5. The van der Waals surface area contributed by atoms with Crippen LogP contribution >= 0.6 is 11.6 Å². The Balaban J connectivity index is 1.53. The summed E-state index contributed by atoms with van der Waals surface area (Å²) in [6.45, 7) is 0. The van der Waals surface area contributed by atoms with Crippen molar-refractivity contribution in [2.24, 2.45) is 11.8 Å². The average Bonchev–Trinajstić information content (AvgIpc) is 3.21. The third kappa shape index (κ3) is 2.56. The van der Waals surface area contributed by atoms with E-state index in [4.69, 9.17) is 11.6 Å². The van der Waals surface area contributed by atoms with E-state index in [9.17, 15) is 14.4 Å². The van der Waals surface area contributed by atoms with Crippen molar-refractivity contribution in [3.8, 4) is 0 Å². The second kappa shape index (κ2) is 6.27. The third-order valence-corrected chi connectivity index (χ3v) is 5.76. The van der Waals surface area contributed by atoms with Gasteiger partial charge in [-0.2, -0.15) is 4.98 Å². The van der Waals surface area contributed by atoms with Crippen molar-refractivity contribution in [2.45, 2.75) is 25.3 Å². The molecule has 142 valence electrons. The van der Waals surface area contributed by atoms with Gasteiger partial charge in [-0.05, 0) is 30.5 Å². The lowest BCUT2D eigenvalue weighted by Gasteiger charge is -2.23. The Labute approximate surface area is 165 Å². The van der Waals surface area contributed by atoms with Gasteiger partial charge in [0.25, 0.3) is 5.95 Å². The summed E-state index contributed by atoms with van der Waals surface area (Å²) in [6.07, 6.45) is 5.12. The van der Waals surface area contributed by atoms with Crippen molar-refractivity contribution in [3.05, 3.63) is 47.0 Å². The number of allylic oxidation sites excluding steroid dienone is 2. The molecule has 1 aromatic heterocycles. The van der Waals surface area contributed by atoms with E-state index in [1.54, 1.807) is 16.8 Å². The van der Waals surface area contributed by atoms with Gasteiger partial charge in [0.15, 0.2) is 0 Å². The monoisotopic (exact) mass is 397 g/mol. The highest BCUT2D eigenvalue weighted by Crippen LogP contribution is 2.38. The lowest BCUT2D eigenvalue weighted by atomic mass is 9.85. The van der Waals surface area contributed by atoms with Crippen LogP contribution in [0.5, 0.6) is 0 Å². The van der Waals surface area contributed by atoms with Crippen molar-refractivity contribution in [1.82, 2.24) is 14.8 Å². The molecule has 1 fully saturated rings. The molecule has 0 radical (unpaired) electrons. The fourth-order valence-corrected chi connectivity index (χ4v) is 4.21. The van der Waals surface area contributed by atoms with Gasteiger partial charge in [0.05, 0.1) is 24.3 Å². The second-order valence-corrected chi connectivity index (χ2v) is 7.60. The number of nitrogens with zero attached hydrogens (tertiary/aromatic N) is 4. The summed E-state index contributed by atoms with van der Waals surface area (Å²) in [7, 11) is 0. The summed E-state index contributed by atoms with van der Waals surface area (Å²) in [4.78, 5) is 43.1. The molecule has 0 spiro atoms. The molecular formula is C19H16ClN5O3. The first kappa shape index (κ1) is 17.1. The first-order valence-corrected chi connectivity index (χ1v) is 9.45. The van der Waals surface area contributed by atoms with Crippen LogP contribution in [-0.4, -0.2) is 32.5 Å². The van der Waals surface area contributed by atoms with Crippen LogP contribution < -0.4 is 10.2 Å². The molecule has 3 heterocycles. The van der Waals surface area contributed by atoms with Gasteiger partial charge in [0.1, 0.15) is 0 Å². The van der Waals surface area contributed by atoms with Gasteiger partial charge >= 0.3 is 0 Å². The van der Waals surface area contributed by atoms with E-state index >= 15 is 0 Å². The Hall–Kier alpha value is -3.00. The zero-order valence-corrected chi connectivity index (χ0v) is 15.5. The molecule has 8 nitrogen and oxygen atoms in total. The Morgan fingerprint density at radius 3 is 2.29 bits per heavy atom. The van der Waals surface area contributed by atoms with Crippen LogP contribution in [-0.2, 0) is 14.4 Å². The van der Waals surface area contributed by atoms with E-state index in [0.717, 1.165) is 10.5 Å². The molecule has 0 bridgehead atoms. The van der Waals surface area contributed by atoms with Crippen molar-refractivity contribution < 1.29 is 14.4 Å². The van der Waals surface area contributed by atoms with Crippen molar-refractivity contribution >= 4 is 41.2 Å². The molecule has 1 aliphatic carbocycles. The summed E-state index contributed by atoms with van der Waals surface area (Å²) in [5, 5.41) is 7.69. The van der Waals surface area contributed by atoms with Crippen LogP contribution in [0.2, 0.25) is 5.02 Å². The molecule has 3 aliphatic rings. The molecule has 0 unspecified atom stereocenters. The van der Waals surface area contributed by atoms with E-state index in [0.29, 0.717) is 17.9 Å². The molecule has 1 saturated heterocycles. The number of benzene rings is 1. The van der Waals surface area contributed by atoms with E-state index in [1.807, 2.05) is 24.3 Å². The maximum atomic E-state index is 12.8. The Kier molecular flexibility index (Phi) is 3.83. The van der Waals surface area contributed by atoms with Crippen LogP contribution in [0.15, 0.2) is 36.4 Å². The molecule has 1 N–H and O–H groups in total. The lowest BCUT2D eigenvalue weighted by molar-refractivity contribution is -0.122. The van der Waals surface area contributed by atoms with Crippen LogP contribution in [0.1, 0.15) is 30.9 Å². The molecule has 1 aromatic carbocycles. The molecule has 2 aromatic rings. The molecule has 3 amide bonds. The first-order chi connectivity index (χ1) is 13.5. The van der Waals surface area contributed by atoms with Crippen molar-refractivity contribution in [1.29, 1.82) is 0 Å². The van der Waals surface area contributed by atoms with Crippen LogP contribution in [0.4, 0.5) is 11.9 Å². The minimum Gasteiger partial charge on any atom is -0.295 e. The van der Waals surface area contributed by atoms with Crippen LogP contribution in [0.25, 0.3) is 0 Å². The number of rotatable bonds is 2. The average molecular weight is 398 g/mol. The summed E-state index contributed by atoms with van der Waals surface area (Å²) in [5.41, 5.74) is 0.842. The topological polar surface area (TPSA) is 97.2 Å². The van der Waals surface area contributed by atoms with Gasteiger partial charge < -0.3 is 0 Å². The van der Waals surface area contributed by atoms with Gasteiger partial charge in [0.2, 0.25) is 23.7 Å². The van der Waals surface area contributed by atoms with E-state index in [-0.39, 0.29) is 53.9 Å². The Morgan fingerprint density at radius 1 is 1.00 bits per heavy atom. The van der Waals surface area contributed by atoms with E-state index < -0.39 is 0 Å². The molecule has 0 saturated carbocycles. The van der Waals surface area contributed by atoms with Gasteiger partial charge in [0, 0.05) is 5.02 Å². The smallest absolute Gasteiger partial charge is 0.260 e. The molecular weight excluding hydrogens is 382 g/mol. The van der Waals surface area contributed by atoms with Crippen molar-refractivity contribution in [2.75, 3.05) is 10.2 Å². The molecule has 28 heavy (non-hydrogen) atoms. The number of carbonyl (C=O) groups excluding carboxylic acids is 3. The number of hydrogen-bond acceptors (Lipinski definition) is 5. The standard InChI is InChI=1S/C19H16ClN5O3/c20-11-7-5-10(6-8-11)14-9-15(26)21-18-22-19(23-25(14)18)24-16(27)12-3-1-2-4-13(12)17(24)28/h1-2,5-8,12-14H,3-4,9H2,(H,21,22,23,26)/t12-,13+,14-/m1/s1. The van der Waals surface area contributed by atoms with Crippen LogP contribution in [0.3, 0.4) is 0 Å². The fourth-order valence-electron chi connectivity index (χ4n) is 4.09. The Bertz CT molecular complexity index is 1000. The first-order valence-electron chi connectivity index (χ1n) is 9.07. The highest BCUT2D eigenvalue weighted by molar-refractivity contribution is 6.30. The number of nitrogens with one attached hydrogen (secondary N) is 1. The summed E-state index contributed by atoms with van der Waals surface area (Å²) in [6, 6.07) is 6.74. The Morgan fingerprint density at radius 2 is 1.64 bits per heavy atom. The number of amides is 3. The van der Waals surface area contributed by atoms with Crippen LogP contribution in [0, 0.1) is 11.8 Å². The van der Waals surface area contributed by atoms with Gasteiger partial charge in [-0.1, -0.05) is 35.9 Å². The minimum absolute atomic E-state index is 0.0144. The number of aromatic nitrogens is 3. The molecule has 3 atom stereocenters. The van der Waals surface area contributed by atoms with Crippen molar-refractivity contribution in [3.63, 3.8) is 0 Å². The van der Waals surface area contributed by atoms with Gasteiger partial charge in [-0.15, -0.1) is 5.10 Å². The van der Waals surface area contributed by atoms with E-state index in [2.05, 4.69) is 15.4 Å². The quantitative estimate of drug-likeness (QED) is 0.619. The molecule has 5 rings (SSSR count). The number of hydrogen-bond donors (Lipinski definition) is 1. The number of carbonyl (C=O) groups is 3. The summed E-state index contributed by atoms with van der Waals surface area (Å²) in [5.74, 6) is -1.25. The maximum Gasteiger partial charge on any atom is 0.260 e. The second-order valence-electron chi connectivity index (χ2n) is 7.17. The predicted molar refractivity (Wildman–Crippen MR) is 101 cm³/mol. The zero-order chi connectivity index (χ0) is 19.4. The van der Waals surface area contributed by atoms with E-state index in [1.165, 1.54) is 0 Å². The zero-order valence-electron chi connectivity index (χ0n) is 14.7. The number of anilines is 2. The number of halogens is 1. The predicted octanol–water partition coefficient (Wildman–Crippen LogP) is 2.32. The number of imide groups is 1. The molecule has 9 heteroatoms. The molecule has 2 aliphatic heterocycles. The fraction of sp³-hybridized carbons (Fsp3) is 0.316. The summed E-state index contributed by atoms with van der Waals surface area (Å²) >= 11 is 5.96. The minimum atomic E-state index is -0.390. The summed E-state index contributed by atoms with van der Waals surface area (Å²) < 4.78 is 1.56. The SMILES string of the molecule is O=C1C[C@H](c2ccc(Cl)cc2)n2nc(N3C(=O)[C@H]4CC=CC[C@H]4C3=O)nc2N1. The highest BCUT2D eigenvalue weighted by Gasteiger charge is 2.49. The third-order valence-electron chi connectivity index (χ3n) is 5.51. The largest absolute Gasteiger partial charge is 0.295 e. The maximum absolute atomic E-state index is 12.8. The number of fused-ring (bicyclic) bond motifs is 2. The lowest BCUT2D eigenvalue weighted by Crippen LogP contribution is -2.32. The van der Waals surface area contributed by atoms with Gasteiger partial charge in [-0.3, -0.25) is 19.7 Å². The normalized spacial score (nSPS) is 26.2. The van der Waals surface area contributed by atoms with Gasteiger partial charge in [-0.25, -0.2) is 9.58 Å².